The van der Waals surface area contributed by atoms with Gasteiger partial charge in [0.15, 0.2) is 5.96 Å². The number of aliphatic imine (C=N–C) groups is 1. The first-order valence-corrected chi connectivity index (χ1v) is 8.39. The minimum Gasteiger partial charge on any atom is -0.492 e. The fraction of sp³-hybridized carbons (Fsp3) is 0.529. The number of halogens is 2. The predicted molar refractivity (Wildman–Crippen MR) is 114 cm³/mol. The number of carbonyl (C=O) groups is 1. The summed E-state index contributed by atoms with van der Waals surface area (Å²) in [5.74, 6) is 1.62. The normalized spacial score (nSPS) is 10.7. The zero-order valence-corrected chi connectivity index (χ0v) is 18.4. The molecule has 0 fully saturated rings. The van der Waals surface area contributed by atoms with Gasteiger partial charge in [-0.25, -0.2) is 0 Å². The van der Waals surface area contributed by atoms with Gasteiger partial charge in [0.25, 0.3) is 0 Å². The van der Waals surface area contributed by atoms with Gasteiger partial charge in [0.05, 0.1) is 13.1 Å². The number of nitrogens with zero attached hydrogens (tertiary/aromatic N) is 3. The maximum Gasteiger partial charge on any atom is 0.223 e. The molecule has 1 aromatic carbocycles. The molecule has 0 aliphatic carbocycles. The first-order valence-electron chi connectivity index (χ1n) is 8.02. The van der Waals surface area contributed by atoms with Crippen molar-refractivity contribution in [3.8, 4) is 5.75 Å². The van der Waals surface area contributed by atoms with Crippen molar-refractivity contribution in [3.05, 3.63) is 29.3 Å². The Hall–Kier alpha value is -1.22. The Labute approximate surface area is 172 Å². The smallest absolute Gasteiger partial charge is 0.223 e. The minimum absolute atomic E-state index is 0. The van der Waals surface area contributed by atoms with E-state index in [1.165, 1.54) is 0 Å². The molecule has 1 aromatic rings. The van der Waals surface area contributed by atoms with Crippen molar-refractivity contribution in [2.45, 2.75) is 13.3 Å². The van der Waals surface area contributed by atoms with Crippen LogP contribution in [-0.4, -0.2) is 69.1 Å². The molecule has 0 atom stereocenters. The topological polar surface area (TPSA) is 57.2 Å². The molecule has 0 aromatic heterocycles. The summed E-state index contributed by atoms with van der Waals surface area (Å²) in [6.07, 6.45) is 0.400. The molecule has 8 heteroatoms. The maximum absolute atomic E-state index is 11.6. The van der Waals surface area contributed by atoms with E-state index in [1.54, 1.807) is 31.1 Å². The molecule has 0 spiro atoms. The van der Waals surface area contributed by atoms with Crippen LogP contribution in [0.5, 0.6) is 5.75 Å². The second-order valence-electron chi connectivity index (χ2n) is 5.50. The third kappa shape index (κ3) is 9.74. The van der Waals surface area contributed by atoms with Crippen molar-refractivity contribution in [3.63, 3.8) is 0 Å². The first-order chi connectivity index (χ1) is 11.4. The fourth-order valence-corrected chi connectivity index (χ4v) is 2.01. The lowest BCUT2D eigenvalue weighted by Crippen LogP contribution is -2.41. The van der Waals surface area contributed by atoms with Crippen LogP contribution in [-0.2, 0) is 4.79 Å². The monoisotopic (exact) mass is 482 g/mol. The molecule has 1 rings (SSSR count). The van der Waals surface area contributed by atoms with E-state index >= 15 is 0 Å². The third-order valence-electron chi connectivity index (χ3n) is 3.29. The van der Waals surface area contributed by atoms with Crippen molar-refractivity contribution >= 4 is 47.4 Å². The summed E-state index contributed by atoms with van der Waals surface area (Å²) in [5, 5.41) is 3.91. The van der Waals surface area contributed by atoms with Crippen molar-refractivity contribution in [2.75, 3.05) is 47.4 Å². The van der Waals surface area contributed by atoms with Gasteiger partial charge in [-0.2, -0.15) is 0 Å². The maximum atomic E-state index is 11.6. The van der Waals surface area contributed by atoms with E-state index in [0.29, 0.717) is 31.1 Å². The van der Waals surface area contributed by atoms with Crippen LogP contribution in [0.2, 0.25) is 5.02 Å². The summed E-state index contributed by atoms with van der Waals surface area (Å²) < 4.78 is 5.69. The molecule has 142 valence electrons. The molecular weight excluding hydrogens is 455 g/mol. The molecule has 1 N–H and O–H groups in total. The van der Waals surface area contributed by atoms with Crippen LogP contribution in [0.25, 0.3) is 0 Å². The molecule has 0 bridgehead atoms. The summed E-state index contributed by atoms with van der Waals surface area (Å²) in [6, 6.07) is 7.28. The van der Waals surface area contributed by atoms with Gasteiger partial charge in [0, 0.05) is 39.1 Å². The predicted octanol–water partition coefficient (Wildman–Crippen LogP) is 2.71. The molecule has 0 aliphatic rings. The minimum atomic E-state index is 0. The lowest BCUT2D eigenvalue weighted by Gasteiger charge is -2.22. The average Bonchev–Trinajstić information content (AvgIpc) is 2.55. The van der Waals surface area contributed by atoms with E-state index < -0.39 is 0 Å². The molecule has 0 aliphatic heterocycles. The molecular formula is C17H28ClIN4O2. The van der Waals surface area contributed by atoms with Gasteiger partial charge in [-0.15, -0.1) is 24.0 Å². The van der Waals surface area contributed by atoms with Gasteiger partial charge in [-0.3, -0.25) is 9.79 Å². The Morgan fingerprint density at radius 3 is 2.44 bits per heavy atom. The number of likely N-dealkylation sites (N-methyl/N-ethyl adjacent to an activating group) is 1. The largest absolute Gasteiger partial charge is 0.492 e. The summed E-state index contributed by atoms with van der Waals surface area (Å²) in [7, 11) is 5.44. The highest BCUT2D eigenvalue weighted by atomic mass is 127. The van der Waals surface area contributed by atoms with Crippen molar-refractivity contribution in [2.24, 2.45) is 4.99 Å². The number of ether oxygens (including phenoxy) is 1. The highest BCUT2D eigenvalue weighted by Crippen LogP contribution is 2.15. The van der Waals surface area contributed by atoms with Gasteiger partial charge in [-0.1, -0.05) is 11.6 Å². The molecule has 25 heavy (non-hydrogen) atoms. The van der Waals surface area contributed by atoms with Gasteiger partial charge in [-0.05, 0) is 31.2 Å². The van der Waals surface area contributed by atoms with Crippen LogP contribution in [0, 0.1) is 0 Å². The number of hydrogen-bond acceptors (Lipinski definition) is 3. The first kappa shape index (κ1) is 23.8. The number of nitrogens with one attached hydrogen (secondary N) is 1. The van der Waals surface area contributed by atoms with Gasteiger partial charge in [0.1, 0.15) is 12.4 Å². The molecule has 0 radical (unpaired) electrons. The van der Waals surface area contributed by atoms with Gasteiger partial charge < -0.3 is 19.9 Å². The second-order valence-corrected chi connectivity index (χ2v) is 5.93. The molecule has 0 unspecified atom stereocenters. The highest BCUT2D eigenvalue weighted by molar-refractivity contribution is 14.0. The summed E-state index contributed by atoms with van der Waals surface area (Å²) in [4.78, 5) is 19.6. The van der Waals surface area contributed by atoms with Crippen molar-refractivity contribution in [1.82, 2.24) is 15.1 Å². The molecule has 0 saturated heterocycles. The number of guanidine groups is 1. The van der Waals surface area contributed by atoms with E-state index in [0.717, 1.165) is 18.3 Å². The summed E-state index contributed by atoms with van der Waals surface area (Å²) in [6.45, 7) is 4.44. The van der Waals surface area contributed by atoms with Crippen LogP contribution in [0.4, 0.5) is 0 Å². The van der Waals surface area contributed by atoms with Crippen LogP contribution < -0.4 is 10.1 Å². The van der Waals surface area contributed by atoms with Crippen LogP contribution in [0.15, 0.2) is 29.3 Å². The molecule has 0 heterocycles. The number of benzene rings is 1. The SMILES string of the molecule is CCNC(=NCCC(=O)N(C)C)N(C)CCOc1ccc(Cl)cc1.I. The molecule has 6 nitrogen and oxygen atoms in total. The Balaban J connectivity index is 0.00000576. The Kier molecular flexibility index (Phi) is 12.4. The fourth-order valence-electron chi connectivity index (χ4n) is 1.89. The van der Waals surface area contributed by atoms with Crippen LogP contribution in [0.1, 0.15) is 13.3 Å². The zero-order valence-electron chi connectivity index (χ0n) is 15.3. The van der Waals surface area contributed by atoms with Gasteiger partial charge >= 0.3 is 0 Å². The number of amides is 1. The van der Waals surface area contributed by atoms with Crippen LogP contribution in [0.3, 0.4) is 0 Å². The van der Waals surface area contributed by atoms with E-state index in [2.05, 4.69) is 10.3 Å². The number of rotatable bonds is 8. The lowest BCUT2D eigenvalue weighted by molar-refractivity contribution is -0.128. The second kappa shape index (κ2) is 13.0. The zero-order chi connectivity index (χ0) is 17.9. The lowest BCUT2D eigenvalue weighted by atomic mass is 10.3. The molecule has 0 saturated carbocycles. The number of carbonyl (C=O) groups excluding carboxylic acids is 1. The average molecular weight is 483 g/mol. The summed E-state index contributed by atoms with van der Waals surface area (Å²) >= 11 is 5.85. The Morgan fingerprint density at radius 2 is 1.88 bits per heavy atom. The Bertz CT molecular complexity index is 538. The Morgan fingerprint density at radius 1 is 1.24 bits per heavy atom. The van der Waals surface area contributed by atoms with E-state index in [1.807, 2.05) is 31.0 Å². The molecule has 1 amide bonds. The standard InChI is InChI=1S/C17H27ClN4O2.HI/c1-5-19-17(20-11-10-16(23)21(2)3)22(4)12-13-24-15-8-6-14(18)7-9-15;/h6-9H,5,10-13H2,1-4H3,(H,19,20);1H. The van der Waals surface area contributed by atoms with E-state index in [9.17, 15) is 4.79 Å². The van der Waals surface area contributed by atoms with Crippen molar-refractivity contribution < 1.29 is 9.53 Å². The third-order valence-corrected chi connectivity index (χ3v) is 3.54. The highest BCUT2D eigenvalue weighted by Gasteiger charge is 2.07. The summed E-state index contributed by atoms with van der Waals surface area (Å²) in [5.41, 5.74) is 0. The van der Waals surface area contributed by atoms with E-state index in [4.69, 9.17) is 16.3 Å². The van der Waals surface area contributed by atoms with E-state index in [-0.39, 0.29) is 29.9 Å². The number of hydrogen-bond donors (Lipinski definition) is 1. The van der Waals surface area contributed by atoms with Crippen LogP contribution >= 0.6 is 35.6 Å². The van der Waals surface area contributed by atoms with Gasteiger partial charge in [0.2, 0.25) is 5.91 Å². The van der Waals surface area contributed by atoms with Crippen molar-refractivity contribution in [1.29, 1.82) is 0 Å². The quantitative estimate of drug-likeness (QED) is 0.352.